The third-order valence-electron chi connectivity index (χ3n) is 3.20. The first-order valence-corrected chi connectivity index (χ1v) is 4.93. The van der Waals surface area contributed by atoms with Crippen molar-refractivity contribution in [3.8, 4) is 0 Å². The lowest BCUT2D eigenvalue weighted by molar-refractivity contribution is -0.153. The quantitative estimate of drug-likeness (QED) is 0.662. The van der Waals surface area contributed by atoms with E-state index in [1.165, 1.54) is 0 Å². The molecule has 0 aromatic heterocycles. The molecule has 2 aliphatic rings. The molecule has 4 heteroatoms. The molecule has 1 N–H and O–H groups in total. The van der Waals surface area contributed by atoms with Crippen molar-refractivity contribution in [2.24, 2.45) is 0 Å². The van der Waals surface area contributed by atoms with Crippen LogP contribution in [0, 0.1) is 0 Å². The van der Waals surface area contributed by atoms with Gasteiger partial charge in [-0.3, -0.25) is 9.69 Å². The van der Waals surface area contributed by atoms with Gasteiger partial charge < -0.3 is 10.0 Å². The molecule has 1 atom stereocenters. The maximum atomic E-state index is 10.7. The zero-order chi connectivity index (χ0) is 9.42. The summed E-state index contributed by atoms with van der Waals surface area (Å²) in [5, 5.41) is 8.84. The van der Waals surface area contributed by atoms with Crippen molar-refractivity contribution in [2.75, 3.05) is 26.2 Å². The number of nitrogens with zero attached hydrogens (tertiary/aromatic N) is 2. The SMILES string of the molecule is CCN1CC(N2CCC2C(=O)O)C1. The predicted molar refractivity (Wildman–Crippen MR) is 48.6 cm³/mol. The summed E-state index contributed by atoms with van der Waals surface area (Å²) in [7, 11) is 0. The van der Waals surface area contributed by atoms with E-state index < -0.39 is 5.97 Å². The summed E-state index contributed by atoms with van der Waals surface area (Å²) in [5.74, 6) is -0.652. The summed E-state index contributed by atoms with van der Waals surface area (Å²) in [6.45, 7) is 6.31. The number of carboxylic acids is 1. The van der Waals surface area contributed by atoms with Crippen LogP contribution in [-0.4, -0.2) is 59.1 Å². The van der Waals surface area contributed by atoms with Crippen LogP contribution < -0.4 is 0 Å². The highest BCUT2D eigenvalue weighted by Crippen LogP contribution is 2.25. The van der Waals surface area contributed by atoms with Gasteiger partial charge in [-0.05, 0) is 13.0 Å². The van der Waals surface area contributed by atoms with E-state index in [0.29, 0.717) is 6.04 Å². The van der Waals surface area contributed by atoms with E-state index >= 15 is 0 Å². The van der Waals surface area contributed by atoms with Crippen LogP contribution in [-0.2, 0) is 4.79 Å². The van der Waals surface area contributed by atoms with Gasteiger partial charge in [-0.25, -0.2) is 0 Å². The highest BCUT2D eigenvalue weighted by molar-refractivity contribution is 5.74. The van der Waals surface area contributed by atoms with Crippen molar-refractivity contribution in [1.82, 2.24) is 9.80 Å². The van der Waals surface area contributed by atoms with Crippen LogP contribution in [0.25, 0.3) is 0 Å². The molecule has 2 fully saturated rings. The second kappa shape index (κ2) is 3.27. The Balaban J connectivity index is 1.80. The lowest BCUT2D eigenvalue weighted by Gasteiger charge is -2.51. The van der Waals surface area contributed by atoms with Gasteiger partial charge in [-0.2, -0.15) is 0 Å². The van der Waals surface area contributed by atoms with E-state index in [1.807, 2.05) is 0 Å². The zero-order valence-electron chi connectivity index (χ0n) is 7.94. The molecule has 2 saturated heterocycles. The van der Waals surface area contributed by atoms with Crippen LogP contribution in [0.2, 0.25) is 0 Å². The Labute approximate surface area is 78.1 Å². The summed E-state index contributed by atoms with van der Waals surface area (Å²) in [6, 6.07) is 0.318. The van der Waals surface area contributed by atoms with Gasteiger partial charge in [0.1, 0.15) is 6.04 Å². The first kappa shape index (κ1) is 8.97. The smallest absolute Gasteiger partial charge is 0.320 e. The molecule has 0 radical (unpaired) electrons. The van der Waals surface area contributed by atoms with Gasteiger partial charge in [-0.15, -0.1) is 0 Å². The average molecular weight is 184 g/mol. The molecule has 0 aromatic rings. The lowest BCUT2D eigenvalue weighted by atomic mass is 9.96. The molecule has 0 saturated carbocycles. The summed E-state index contributed by atoms with van der Waals surface area (Å²) in [6.07, 6.45) is 0.831. The maximum absolute atomic E-state index is 10.7. The molecule has 0 aromatic carbocycles. The van der Waals surface area contributed by atoms with Gasteiger partial charge in [0.05, 0.1) is 0 Å². The van der Waals surface area contributed by atoms with E-state index in [4.69, 9.17) is 5.11 Å². The van der Waals surface area contributed by atoms with Gasteiger partial charge in [0.15, 0.2) is 0 Å². The summed E-state index contributed by atoms with van der Waals surface area (Å²) in [4.78, 5) is 15.2. The van der Waals surface area contributed by atoms with Crippen LogP contribution in [0.4, 0.5) is 0 Å². The number of aliphatic carboxylic acids is 1. The topological polar surface area (TPSA) is 43.8 Å². The van der Waals surface area contributed by atoms with Gasteiger partial charge in [0.2, 0.25) is 0 Å². The Morgan fingerprint density at radius 1 is 1.54 bits per heavy atom. The summed E-state index contributed by atoms with van der Waals surface area (Å²) < 4.78 is 0. The van der Waals surface area contributed by atoms with Crippen LogP contribution >= 0.6 is 0 Å². The minimum atomic E-state index is -0.652. The third-order valence-corrected chi connectivity index (χ3v) is 3.20. The number of likely N-dealkylation sites (tertiary alicyclic amines) is 2. The molecule has 13 heavy (non-hydrogen) atoms. The Kier molecular flexibility index (Phi) is 2.26. The van der Waals surface area contributed by atoms with E-state index in [1.54, 1.807) is 0 Å². The maximum Gasteiger partial charge on any atom is 0.320 e. The van der Waals surface area contributed by atoms with Gasteiger partial charge in [0.25, 0.3) is 0 Å². The van der Waals surface area contributed by atoms with Crippen LogP contribution in [0.3, 0.4) is 0 Å². The minimum Gasteiger partial charge on any atom is -0.480 e. The second-order valence-corrected chi connectivity index (χ2v) is 3.89. The van der Waals surface area contributed by atoms with Gasteiger partial charge >= 0.3 is 5.97 Å². The Morgan fingerprint density at radius 2 is 2.23 bits per heavy atom. The molecule has 74 valence electrons. The van der Waals surface area contributed by atoms with Gasteiger partial charge in [-0.1, -0.05) is 6.92 Å². The van der Waals surface area contributed by atoms with Crippen LogP contribution in [0.15, 0.2) is 0 Å². The van der Waals surface area contributed by atoms with E-state index in [0.717, 1.165) is 32.6 Å². The van der Waals surface area contributed by atoms with Crippen molar-refractivity contribution in [3.05, 3.63) is 0 Å². The second-order valence-electron chi connectivity index (χ2n) is 3.89. The zero-order valence-corrected chi connectivity index (χ0v) is 7.94. The fourth-order valence-electron chi connectivity index (χ4n) is 2.12. The number of likely N-dealkylation sites (N-methyl/N-ethyl adjacent to an activating group) is 1. The van der Waals surface area contributed by atoms with E-state index in [9.17, 15) is 4.79 Å². The standard InChI is InChI=1S/C9H16N2O2/c1-2-10-5-7(6-10)11-4-3-8(11)9(12)13/h7-8H,2-6H2,1H3,(H,12,13). The molecule has 0 aliphatic carbocycles. The lowest BCUT2D eigenvalue weighted by Crippen LogP contribution is -2.67. The Bertz CT molecular complexity index is 214. The monoisotopic (exact) mass is 184 g/mol. The number of rotatable bonds is 3. The minimum absolute atomic E-state index is 0.191. The molecule has 2 rings (SSSR count). The Morgan fingerprint density at radius 3 is 2.62 bits per heavy atom. The fourth-order valence-corrected chi connectivity index (χ4v) is 2.12. The number of hydrogen-bond acceptors (Lipinski definition) is 3. The van der Waals surface area contributed by atoms with Crippen molar-refractivity contribution < 1.29 is 9.90 Å². The van der Waals surface area contributed by atoms with Crippen molar-refractivity contribution >= 4 is 5.97 Å². The number of carboxylic acid groups (broad SMARTS) is 1. The summed E-state index contributed by atoms with van der Waals surface area (Å²) in [5.41, 5.74) is 0. The normalized spacial score (nSPS) is 31.0. The Hall–Kier alpha value is -0.610. The molecular formula is C9H16N2O2. The fraction of sp³-hybridized carbons (Fsp3) is 0.889. The average Bonchev–Trinajstić information content (AvgIpc) is 1.91. The first-order chi connectivity index (χ1) is 6.22. The first-order valence-electron chi connectivity index (χ1n) is 4.93. The molecule has 4 nitrogen and oxygen atoms in total. The predicted octanol–water partition coefficient (Wildman–Crippen LogP) is -0.151. The van der Waals surface area contributed by atoms with Crippen molar-refractivity contribution in [2.45, 2.75) is 25.4 Å². The van der Waals surface area contributed by atoms with Gasteiger partial charge in [0, 0.05) is 25.7 Å². The number of carbonyl (C=O) groups is 1. The van der Waals surface area contributed by atoms with Crippen LogP contribution in [0.1, 0.15) is 13.3 Å². The molecule has 0 bridgehead atoms. The van der Waals surface area contributed by atoms with Crippen molar-refractivity contribution in [1.29, 1.82) is 0 Å². The van der Waals surface area contributed by atoms with E-state index in [-0.39, 0.29) is 6.04 Å². The molecule has 2 aliphatic heterocycles. The molecule has 0 spiro atoms. The largest absolute Gasteiger partial charge is 0.480 e. The third kappa shape index (κ3) is 1.44. The van der Waals surface area contributed by atoms with Crippen molar-refractivity contribution in [3.63, 3.8) is 0 Å². The molecule has 1 unspecified atom stereocenters. The molecule has 2 heterocycles. The highest BCUT2D eigenvalue weighted by Gasteiger charge is 2.42. The van der Waals surface area contributed by atoms with E-state index in [2.05, 4.69) is 16.7 Å². The number of hydrogen-bond donors (Lipinski definition) is 1. The molecular weight excluding hydrogens is 168 g/mol. The summed E-state index contributed by atoms with van der Waals surface area (Å²) >= 11 is 0. The highest BCUT2D eigenvalue weighted by atomic mass is 16.4. The van der Waals surface area contributed by atoms with Crippen LogP contribution in [0.5, 0.6) is 0 Å². The molecule has 0 amide bonds.